The van der Waals surface area contributed by atoms with Gasteiger partial charge in [-0.1, -0.05) is 0 Å². The molecule has 6 heavy (non-hydrogen) atoms. The van der Waals surface area contributed by atoms with E-state index in [1.165, 1.54) is 0 Å². The molecule has 1 heteroatoms. The Morgan fingerprint density at radius 2 is 2.17 bits per heavy atom. The highest BCUT2D eigenvalue weighted by atomic mass is 14.9. The molecule has 1 aromatic rings. The summed E-state index contributed by atoms with van der Waals surface area (Å²) in [5.41, 5.74) is 0. The third kappa shape index (κ3) is 0.432. The maximum Gasteiger partial charge on any atom is 0.0460 e. The zero-order chi connectivity index (χ0) is 5.11. The van der Waals surface area contributed by atoms with Gasteiger partial charge < -0.3 is 4.57 Å². The molecule has 1 aromatic heterocycles. The lowest BCUT2D eigenvalue weighted by atomic mass is 10.7. The first-order chi connectivity index (χ1) is 3.43. The van der Waals surface area contributed by atoms with Gasteiger partial charge in [-0.2, -0.15) is 0 Å². The Bertz CT molecular complexity index is 123. The Kier molecular flexibility index (Phi) is 0.477. The third-order valence-electron chi connectivity index (χ3n) is 0.666. The molecule has 0 aliphatic rings. The van der Waals surface area contributed by atoms with E-state index in [-0.39, 0.29) is 0 Å². The molecule has 1 nitrogen and oxygen atoms in total. The van der Waals surface area contributed by atoms with Gasteiger partial charge in [0.25, 0.3) is 0 Å². The quantitative estimate of drug-likeness (QED) is 0.440. The minimum absolute atomic E-state index is 0.326. The van der Waals surface area contributed by atoms with Crippen LogP contribution in [0.1, 0.15) is 1.37 Å². The Balaban J connectivity index is 2.76. The normalized spacial score (nSPS) is 11.0. The molecule has 0 saturated carbocycles. The first-order valence-electron chi connectivity index (χ1n) is 2.54. The molecule has 1 rings (SSSR count). The van der Waals surface area contributed by atoms with Gasteiger partial charge in [0.05, 0.1) is 0 Å². The molecule has 0 bridgehead atoms. The van der Waals surface area contributed by atoms with Crippen molar-refractivity contribution in [2.45, 2.75) is 0 Å². The predicted molar refractivity (Wildman–Crippen MR) is 25.4 cm³/mol. The molecule has 0 aliphatic carbocycles. The monoisotopic (exact) mass is 82.1 g/mol. The largest absolute Gasteiger partial charge is 0.357 e. The highest BCUT2D eigenvalue weighted by Crippen LogP contribution is 1.80. The molecular formula is C5H7N. The molecule has 0 aromatic carbocycles. The molecular weight excluding hydrogens is 74.1 g/mol. The maximum atomic E-state index is 6.82. The summed E-state index contributed by atoms with van der Waals surface area (Å²) in [6.45, 7) is 0. The van der Waals surface area contributed by atoms with Crippen molar-refractivity contribution in [2.75, 3.05) is 0 Å². The minimum atomic E-state index is 0.326. The van der Waals surface area contributed by atoms with Crippen LogP contribution in [0, 0.1) is 0 Å². The van der Waals surface area contributed by atoms with E-state index < -0.39 is 0 Å². The number of aryl methyl sites for hydroxylation is 1. The van der Waals surface area contributed by atoms with Gasteiger partial charge in [0, 0.05) is 20.8 Å². The number of nitrogens with zero attached hydrogens (tertiary/aromatic N) is 1. The van der Waals surface area contributed by atoms with Crippen LogP contribution in [-0.2, 0) is 7.02 Å². The molecule has 0 aliphatic heterocycles. The van der Waals surface area contributed by atoms with E-state index >= 15 is 0 Å². The Labute approximate surface area is 38.6 Å². The molecule has 0 N–H and O–H groups in total. The lowest BCUT2D eigenvalue weighted by molar-refractivity contribution is 0.928. The summed E-state index contributed by atoms with van der Waals surface area (Å²) in [6.07, 6.45) is 3.74. The van der Waals surface area contributed by atoms with Gasteiger partial charge in [0.1, 0.15) is 0 Å². The highest BCUT2D eigenvalue weighted by molar-refractivity contribution is 4.88. The fraction of sp³-hybridized carbons (Fsp3) is 0.200. The summed E-state index contributed by atoms with van der Waals surface area (Å²) in [6, 6.07) is 3.82. The molecule has 0 unspecified atom stereocenters. The standard InChI is InChI=1S/C5H7N/c1-6-4-2-3-5-6/h2-5H,1H3/i1D. The lowest BCUT2D eigenvalue weighted by Gasteiger charge is -1.79. The summed E-state index contributed by atoms with van der Waals surface area (Å²) >= 11 is 0. The Morgan fingerprint density at radius 3 is 2.50 bits per heavy atom. The Hall–Kier alpha value is -0.720. The summed E-state index contributed by atoms with van der Waals surface area (Å²) in [5, 5.41) is 0. The van der Waals surface area contributed by atoms with Crippen molar-refractivity contribution >= 4 is 0 Å². The van der Waals surface area contributed by atoms with Crippen molar-refractivity contribution in [3.8, 4) is 0 Å². The van der Waals surface area contributed by atoms with Gasteiger partial charge >= 0.3 is 0 Å². The average Bonchev–Trinajstić information content (AvgIpc) is 2.14. The van der Waals surface area contributed by atoms with Gasteiger partial charge in [-0.15, -0.1) is 0 Å². The molecule has 0 atom stereocenters. The first-order valence-corrected chi connectivity index (χ1v) is 1.83. The van der Waals surface area contributed by atoms with E-state index in [2.05, 4.69) is 0 Å². The van der Waals surface area contributed by atoms with Crippen LogP contribution >= 0.6 is 0 Å². The zero-order valence-corrected chi connectivity index (χ0v) is 3.46. The lowest BCUT2D eigenvalue weighted by Crippen LogP contribution is -1.75. The van der Waals surface area contributed by atoms with E-state index in [4.69, 9.17) is 1.37 Å². The van der Waals surface area contributed by atoms with Gasteiger partial charge in [0.2, 0.25) is 0 Å². The van der Waals surface area contributed by atoms with E-state index in [9.17, 15) is 0 Å². The van der Waals surface area contributed by atoms with Crippen molar-refractivity contribution in [1.29, 1.82) is 0 Å². The van der Waals surface area contributed by atoms with Crippen molar-refractivity contribution < 1.29 is 1.37 Å². The van der Waals surface area contributed by atoms with Crippen molar-refractivity contribution in [3.05, 3.63) is 24.5 Å². The van der Waals surface area contributed by atoms with E-state index in [1.54, 1.807) is 4.57 Å². The molecule has 0 fully saturated rings. The van der Waals surface area contributed by atoms with Gasteiger partial charge in [0.15, 0.2) is 0 Å². The molecule has 1 heterocycles. The second-order valence-corrected chi connectivity index (χ2v) is 1.20. The predicted octanol–water partition coefficient (Wildman–Crippen LogP) is 1.03. The summed E-state index contributed by atoms with van der Waals surface area (Å²) < 4.78 is 8.62. The van der Waals surface area contributed by atoms with Crippen LogP contribution in [0.4, 0.5) is 0 Å². The first kappa shape index (κ1) is 2.45. The van der Waals surface area contributed by atoms with Gasteiger partial charge in [-0.3, -0.25) is 0 Å². The van der Waals surface area contributed by atoms with Crippen LogP contribution in [-0.4, -0.2) is 4.57 Å². The van der Waals surface area contributed by atoms with Gasteiger partial charge in [-0.05, 0) is 12.1 Å². The topological polar surface area (TPSA) is 4.93 Å². The smallest absolute Gasteiger partial charge is 0.0460 e. The summed E-state index contributed by atoms with van der Waals surface area (Å²) in [5.74, 6) is 0. The number of aromatic nitrogens is 1. The van der Waals surface area contributed by atoms with Crippen LogP contribution in [0.2, 0.25) is 0 Å². The molecule has 0 amide bonds. The third-order valence-corrected chi connectivity index (χ3v) is 0.666. The average molecular weight is 82.1 g/mol. The van der Waals surface area contributed by atoms with E-state index in [1.807, 2.05) is 24.5 Å². The zero-order valence-electron chi connectivity index (χ0n) is 4.46. The number of hydrogen-bond donors (Lipinski definition) is 0. The SMILES string of the molecule is [2H]Cn1cccc1. The van der Waals surface area contributed by atoms with Crippen LogP contribution in [0.15, 0.2) is 24.5 Å². The van der Waals surface area contributed by atoms with Crippen molar-refractivity contribution in [2.24, 2.45) is 7.02 Å². The maximum absolute atomic E-state index is 6.82. The fourth-order valence-corrected chi connectivity index (χ4v) is 0.370. The molecule has 32 valence electrons. The van der Waals surface area contributed by atoms with Crippen LogP contribution in [0.3, 0.4) is 0 Å². The molecule has 0 spiro atoms. The summed E-state index contributed by atoms with van der Waals surface area (Å²) in [4.78, 5) is 0. The second-order valence-electron chi connectivity index (χ2n) is 1.20. The van der Waals surface area contributed by atoms with Crippen LogP contribution in [0.5, 0.6) is 0 Å². The number of hydrogen-bond acceptors (Lipinski definition) is 0. The van der Waals surface area contributed by atoms with Crippen molar-refractivity contribution in [1.82, 2.24) is 4.57 Å². The van der Waals surface area contributed by atoms with Crippen LogP contribution in [0.25, 0.3) is 0 Å². The van der Waals surface area contributed by atoms with Crippen molar-refractivity contribution in [3.63, 3.8) is 0 Å². The molecule has 0 radical (unpaired) electrons. The van der Waals surface area contributed by atoms with E-state index in [0.29, 0.717) is 7.02 Å². The molecule has 0 saturated heterocycles. The van der Waals surface area contributed by atoms with E-state index in [0.717, 1.165) is 0 Å². The Morgan fingerprint density at radius 1 is 1.50 bits per heavy atom. The summed E-state index contributed by atoms with van der Waals surface area (Å²) in [7, 11) is 0.326. The highest BCUT2D eigenvalue weighted by Gasteiger charge is 1.68. The van der Waals surface area contributed by atoms with Crippen LogP contribution < -0.4 is 0 Å². The minimum Gasteiger partial charge on any atom is -0.357 e. The van der Waals surface area contributed by atoms with Gasteiger partial charge in [-0.25, -0.2) is 0 Å². The second kappa shape index (κ2) is 1.17. The fourth-order valence-electron chi connectivity index (χ4n) is 0.370. The number of rotatable bonds is 0.